The van der Waals surface area contributed by atoms with Crippen LogP contribution in [-0.4, -0.2) is 35.8 Å². The minimum Gasteiger partial charge on any atom is -0.475 e. The van der Waals surface area contributed by atoms with E-state index in [1.54, 1.807) is 0 Å². The van der Waals surface area contributed by atoms with E-state index in [0.29, 0.717) is 0 Å². The van der Waals surface area contributed by atoms with E-state index < -0.39 is 5.97 Å². The molecule has 0 saturated heterocycles. The number of carbonyl (C=O) groups is 1. The first-order chi connectivity index (χ1) is 7.72. The summed E-state index contributed by atoms with van der Waals surface area (Å²) < 4.78 is 0.976. The van der Waals surface area contributed by atoms with Gasteiger partial charge in [0, 0.05) is 0 Å². The van der Waals surface area contributed by atoms with Crippen LogP contribution >= 0.6 is 0 Å². The molecule has 8 nitrogen and oxygen atoms in total. The van der Waals surface area contributed by atoms with Gasteiger partial charge in [0.1, 0.15) is 12.4 Å². The average Bonchev–Trinajstić information content (AvgIpc) is 2.78. The van der Waals surface area contributed by atoms with Gasteiger partial charge in [-0.25, -0.2) is 19.7 Å². The van der Waals surface area contributed by atoms with Gasteiger partial charge in [-0.3, -0.25) is 0 Å². The lowest BCUT2D eigenvalue weighted by Crippen LogP contribution is -2.12. The van der Waals surface area contributed by atoms with E-state index in [4.69, 9.17) is 10.4 Å². The standard InChI is InChI=1S/C8H4N6O2/c9-1-5-2-10-8(11-3-5)14-6(7(15)16)12-4-13-14/h2-4H,(H,15,16). The third kappa shape index (κ3) is 1.57. The Balaban J connectivity index is 2.47. The summed E-state index contributed by atoms with van der Waals surface area (Å²) in [5.74, 6) is -1.47. The van der Waals surface area contributed by atoms with Crippen LogP contribution in [0.5, 0.6) is 0 Å². The van der Waals surface area contributed by atoms with Crippen molar-refractivity contribution in [2.24, 2.45) is 0 Å². The van der Waals surface area contributed by atoms with Crippen molar-refractivity contribution in [3.05, 3.63) is 30.1 Å². The Kier molecular flexibility index (Phi) is 2.27. The third-order valence-electron chi connectivity index (χ3n) is 1.70. The second-order valence-corrected chi connectivity index (χ2v) is 2.68. The number of nitrogens with zero attached hydrogens (tertiary/aromatic N) is 6. The van der Waals surface area contributed by atoms with E-state index in [1.807, 2.05) is 6.07 Å². The minimum atomic E-state index is -1.23. The Morgan fingerprint density at radius 1 is 1.38 bits per heavy atom. The largest absolute Gasteiger partial charge is 0.475 e. The SMILES string of the molecule is N#Cc1cnc(-n2ncnc2C(=O)O)nc1. The molecule has 16 heavy (non-hydrogen) atoms. The first kappa shape index (κ1) is 9.72. The molecule has 2 aromatic heterocycles. The number of hydrogen-bond acceptors (Lipinski definition) is 6. The van der Waals surface area contributed by atoms with Crippen LogP contribution in [-0.2, 0) is 0 Å². The Morgan fingerprint density at radius 3 is 2.62 bits per heavy atom. The number of nitriles is 1. The van der Waals surface area contributed by atoms with E-state index in [2.05, 4.69) is 20.1 Å². The fourth-order valence-corrected chi connectivity index (χ4v) is 1.02. The normalized spacial score (nSPS) is 9.69. The van der Waals surface area contributed by atoms with Gasteiger partial charge in [-0.15, -0.1) is 0 Å². The number of carboxylic acid groups (broad SMARTS) is 1. The molecule has 2 aromatic rings. The molecular weight excluding hydrogens is 212 g/mol. The topological polar surface area (TPSA) is 118 Å². The summed E-state index contributed by atoms with van der Waals surface area (Å²) in [7, 11) is 0. The molecule has 8 heteroatoms. The van der Waals surface area contributed by atoms with E-state index in [9.17, 15) is 4.79 Å². The second kappa shape index (κ2) is 3.74. The first-order valence-corrected chi connectivity index (χ1v) is 4.08. The molecule has 0 unspecified atom stereocenters. The van der Waals surface area contributed by atoms with Gasteiger partial charge < -0.3 is 5.11 Å². The molecule has 1 N–H and O–H groups in total. The molecular formula is C8H4N6O2. The molecule has 0 amide bonds. The van der Waals surface area contributed by atoms with E-state index in [0.717, 1.165) is 11.0 Å². The number of aromatic carboxylic acids is 1. The van der Waals surface area contributed by atoms with Gasteiger partial charge in [0.15, 0.2) is 0 Å². The van der Waals surface area contributed by atoms with E-state index in [-0.39, 0.29) is 17.3 Å². The Labute approximate surface area is 88.8 Å². The molecule has 0 aromatic carbocycles. The van der Waals surface area contributed by atoms with E-state index in [1.165, 1.54) is 12.4 Å². The summed E-state index contributed by atoms with van der Waals surface area (Å²) in [6.07, 6.45) is 3.64. The fourth-order valence-electron chi connectivity index (χ4n) is 1.02. The second-order valence-electron chi connectivity index (χ2n) is 2.68. The number of carboxylic acids is 1. The van der Waals surface area contributed by atoms with Crippen LogP contribution in [0, 0.1) is 11.3 Å². The molecule has 0 spiro atoms. The molecule has 0 fully saturated rings. The maximum absolute atomic E-state index is 10.7. The van der Waals surface area contributed by atoms with Crippen molar-refractivity contribution in [1.82, 2.24) is 24.7 Å². The minimum absolute atomic E-state index is 0.0499. The predicted molar refractivity (Wildman–Crippen MR) is 48.6 cm³/mol. The van der Waals surface area contributed by atoms with Gasteiger partial charge in [0.2, 0.25) is 5.82 Å². The Morgan fingerprint density at radius 2 is 2.06 bits per heavy atom. The van der Waals surface area contributed by atoms with Gasteiger partial charge >= 0.3 is 5.97 Å². The van der Waals surface area contributed by atoms with Gasteiger partial charge in [-0.2, -0.15) is 15.0 Å². The van der Waals surface area contributed by atoms with Gasteiger partial charge in [-0.1, -0.05) is 0 Å². The zero-order valence-corrected chi connectivity index (χ0v) is 7.77. The number of aromatic nitrogens is 5. The van der Waals surface area contributed by atoms with Gasteiger partial charge in [0.25, 0.3) is 5.95 Å². The molecule has 0 saturated carbocycles. The maximum atomic E-state index is 10.7. The molecule has 2 rings (SSSR count). The smallest absolute Gasteiger partial charge is 0.374 e. The van der Waals surface area contributed by atoms with Crippen molar-refractivity contribution in [1.29, 1.82) is 5.26 Å². The lowest BCUT2D eigenvalue weighted by Gasteiger charge is -1.99. The zero-order valence-electron chi connectivity index (χ0n) is 7.77. The van der Waals surface area contributed by atoms with Crippen LogP contribution in [0.3, 0.4) is 0 Å². The van der Waals surface area contributed by atoms with Crippen molar-refractivity contribution in [3.63, 3.8) is 0 Å². The van der Waals surface area contributed by atoms with Crippen molar-refractivity contribution in [3.8, 4) is 12.0 Å². The molecule has 0 bridgehead atoms. The molecule has 0 atom stereocenters. The first-order valence-electron chi connectivity index (χ1n) is 4.08. The Bertz CT molecular complexity index is 567. The van der Waals surface area contributed by atoms with Crippen LogP contribution < -0.4 is 0 Å². The lowest BCUT2D eigenvalue weighted by molar-refractivity contribution is 0.0680. The van der Waals surface area contributed by atoms with Gasteiger partial charge in [0.05, 0.1) is 18.0 Å². The van der Waals surface area contributed by atoms with Crippen molar-refractivity contribution in [2.45, 2.75) is 0 Å². The summed E-state index contributed by atoms with van der Waals surface area (Å²) in [6, 6.07) is 1.85. The zero-order chi connectivity index (χ0) is 11.5. The Hall–Kier alpha value is -2.82. The fraction of sp³-hybridized carbons (Fsp3) is 0. The molecule has 2 heterocycles. The molecule has 78 valence electrons. The molecule has 0 aliphatic rings. The molecule has 0 aliphatic carbocycles. The van der Waals surface area contributed by atoms with Crippen molar-refractivity contribution < 1.29 is 9.90 Å². The lowest BCUT2D eigenvalue weighted by atomic mass is 10.4. The molecule has 0 aliphatic heterocycles. The summed E-state index contributed by atoms with van der Waals surface area (Å²) in [5.41, 5.74) is 0.278. The highest BCUT2D eigenvalue weighted by atomic mass is 16.4. The van der Waals surface area contributed by atoms with Crippen LogP contribution in [0.1, 0.15) is 16.2 Å². The summed E-state index contributed by atoms with van der Waals surface area (Å²) in [4.78, 5) is 21.9. The average molecular weight is 216 g/mol. The van der Waals surface area contributed by atoms with Crippen LogP contribution in [0.25, 0.3) is 5.95 Å². The van der Waals surface area contributed by atoms with Crippen LogP contribution in [0.15, 0.2) is 18.7 Å². The van der Waals surface area contributed by atoms with Crippen molar-refractivity contribution >= 4 is 5.97 Å². The highest BCUT2D eigenvalue weighted by molar-refractivity contribution is 5.83. The number of rotatable bonds is 2. The van der Waals surface area contributed by atoms with Gasteiger partial charge in [-0.05, 0) is 0 Å². The molecule has 0 radical (unpaired) electrons. The predicted octanol–water partition coefficient (Wildman–Crippen LogP) is -0.373. The highest BCUT2D eigenvalue weighted by Crippen LogP contribution is 2.02. The van der Waals surface area contributed by atoms with Crippen LogP contribution in [0.4, 0.5) is 0 Å². The quantitative estimate of drug-likeness (QED) is 0.727. The third-order valence-corrected chi connectivity index (χ3v) is 1.70. The van der Waals surface area contributed by atoms with Crippen LogP contribution in [0.2, 0.25) is 0 Å². The van der Waals surface area contributed by atoms with E-state index >= 15 is 0 Å². The number of hydrogen-bond donors (Lipinski definition) is 1. The summed E-state index contributed by atoms with van der Waals surface area (Å²) in [5, 5.41) is 21.0. The van der Waals surface area contributed by atoms with Crippen molar-refractivity contribution in [2.75, 3.05) is 0 Å². The summed E-state index contributed by atoms with van der Waals surface area (Å²) in [6.45, 7) is 0. The maximum Gasteiger partial charge on any atom is 0.374 e. The summed E-state index contributed by atoms with van der Waals surface area (Å²) >= 11 is 0. The highest BCUT2D eigenvalue weighted by Gasteiger charge is 2.15. The monoisotopic (exact) mass is 216 g/mol.